The average Bonchev–Trinajstić information content (AvgIpc) is 3.29. The Hall–Kier alpha value is -5.55. The maximum absolute atomic E-state index is 12.8. The van der Waals surface area contributed by atoms with Gasteiger partial charge in [0.2, 0.25) is 12.6 Å². The van der Waals surface area contributed by atoms with Crippen LogP contribution >= 0.6 is 0 Å². The number of hydrogen-bond donors (Lipinski definition) is 15. The lowest BCUT2D eigenvalue weighted by molar-refractivity contribution is -0.364. The summed E-state index contributed by atoms with van der Waals surface area (Å²) in [5, 5.41) is 156. The van der Waals surface area contributed by atoms with E-state index in [-0.39, 0.29) is 33.9 Å². The smallest absolute Gasteiger partial charge is 0.330 e. The van der Waals surface area contributed by atoms with Crippen LogP contribution < -0.4 is 4.74 Å². The molecular formula is C42H49O24+. The van der Waals surface area contributed by atoms with E-state index in [9.17, 15) is 81.4 Å². The van der Waals surface area contributed by atoms with Crippen LogP contribution in [-0.4, -0.2) is 199 Å². The molecule has 3 fully saturated rings. The zero-order chi connectivity index (χ0) is 47.7. The number of benzene rings is 3. The van der Waals surface area contributed by atoms with E-state index in [0.717, 1.165) is 30.3 Å². The van der Waals surface area contributed by atoms with Crippen molar-refractivity contribution in [1.82, 2.24) is 0 Å². The Bertz CT molecular complexity index is 2250. The largest absolute Gasteiger partial charge is 0.571 e. The first kappa shape index (κ1) is 48.4. The van der Waals surface area contributed by atoms with Crippen molar-refractivity contribution in [2.75, 3.05) is 19.8 Å². The van der Waals surface area contributed by atoms with Crippen molar-refractivity contribution in [1.29, 1.82) is 0 Å². The van der Waals surface area contributed by atoms with Gasteiger partial charge in [0.05, 0.1) is 24.8 Å². The fraction of sp³-hybridized carbons (Fsp3) is 0.452. The molecule has 3 saturated heterocycles. The van der Waals surface area contributed by atoms with E-state index in [4.69, 9.17) is 33.2 Å². The number of phenols is 5. The molecule has 4 aliphatic heterocycles. The number of carbonyl (C=O) groups is 1. The molecule has 7 rings (SSSR count). The van der Waals surface area contributed by atoms with Crippen LogP contribution in [0.4, 0.5) is 0 Å². The van der Waals surface area contributed by atoms with Crippen LogP contribution in [0, 0.1) is 0 Å². The van der Waals surface area contributed by atoms with E-state index >= 15 is 0 Å². The van der Waals surface area contributed by atoms with Gasteiger partial charge in [0.25, 0.3) is 11.9 Å². The van der Waals surface area contributed by atoms with Crippen LogP contribution in [0.15, 0.2) is 60.4 Å². The van der Waals surface area contributed by atoms with E-state index in [1.54, 1.807) is 0 Å². The first-order valence-electron chi connectivity index (χ1n) is 20.2. The minimum Gasteiger partial charge on any atom is -0.571 e. The Kier molecular flexibility index (Phi) is 14.8. The molecule has 360 valence electrons. The molecule has 24 heteroatoms. The molecule has 0 aromatic heterocycles. The maximum Gasteiger partial charge on any atom is 0.330 e. The number of aliphatic hydroxyl groups is 11. The van der Waals surface area contributed by atoms with Crippen molar-refractivity contribution in [2.45, 2.75) is 98.2 Å². The van der Waals surface area contributed by atoms with Gasteiger partial charge in [-0.1, -0.05) is 6.07 Å². The van der Waals surface area contributed by atoms with Crippen molar-refractivity contribution >= 4 is 18.1 Å². The van der Waals surface area contributed by atoms with E-state index < -0.39 is 153 Å². The van der Waals surface area contributed by atoms with Gasteiger partial charge in [0.1, 0.15) is 90.8 Å². The summed E-state index contributed by atoms with van der Waals surface area (Å²) in [5.74, 6) is -4.05. The summed E-state index contributed by atoms with van der Waals surface area (Å²) in [6, 6.07) is 9.51. The van der Waals surface area contributed by atoms with E-state index in [2.05, 4.69) is 4.74 Å². The normalized spacial score (nSPS) is 34.5. The van der Waals surface area contributed by atoms with Crippen LogP contribution in [0.5, 0.6) is 40.2 Å². The Morgan fingerprint density at radius 2 is 1.21 bits per heavy atom. The molecule has 66 heavy (non-hydrogen) atoms. The van der Waals surface area contributed by atoms with Gasteiger partial charge in [-0.15, -0.1) is 0 Å². The fourth-order valence-electron chi connectivity index (χ4n) is 7.48. The Morgan fingerprint density at radius 3 is 1.85 bits per heavy atom. The topological polar surface area (TPSA) is 398 Å². The number of rotatable bonds is 13. The predicted octanol–water partition coefficient (Wildman–Crippen LogP) is -3.36. The minimum absolute atomic E-state index is 0.0268. The van der Waals surface area contributed by atoms with Crippen LogP contribution in [0.25, 0.3) is 12.2 Å². The van der Waals surface area contributed by atoms with E-state index in [0.29, 0.717) is 0 Å². The summed E-state index contributed by atoms with van der Waals surface area (Å²) in [5.41, 5.74) is 0.374. The average molecular weight is 938 g/mol. The molecule has 3 aromatic rings. The monoisotopic (exact) mass is 937 g/mol. The molecule has 0 aliphatic carbocycles. The van der Waals surface area contributed by atoms with Crippen LogP contribution in [0.2, 0.25) is 0 Å². The molecule has 24 nitrogen and oxygen atoms in total. The summed E-state index contributed by atoms with van der Waals surface area (Å²) in [4.78, 5) is 12.8. The van der Waals surface area contributed by atoms with Gasteiger partial charge in [-0.2, -0.15) is 0 Å². The number of fused-ring (bicyclic) bond motifs is 1. The molecule has 16 atom stereocenters. The van der Waals surface area contributed by atoms with Gasteiger partial charge in [-0.25, -0.2) is 4.79 Å². The molecular weight excluding hydrogens is 888 g/mol. The predicted molar refractivity (Wildman–Crippen MR) is 215 cm³/mol. The molecule has 0 amide bonds. The van der Waals surface area contributed by atoms with Gasteiger partial charge in [-0.3, -0.25) is 0 Å². The highest BCUT2D eigenvalue weighted by molar-refractivity contribution is 5.87. The van der Waals surface area contributed by atoms with Gasteiger partial charge >= 0.3 is 5.97 Å². The standard InChI is InChI=1S/C42H48O24/c43-12-26-30(51)33(54)36(57)40(63-26)61-24-10-17(45)9-23-18(24)11-25(38(60-23)16-3-5-20(47)22(49)8-16)62-42-39(66-41-37(58)34(55)31(52)27(13-44)64-41)35(56)32(53)28(65-42)14-59-29(50)6-2-15-1-4-19(46)21(48)7-15/h1-11,26-28,30-49,51-58H,12-14H2/p+1. The highest BCUT2D eigenvalue weighted by Gasteiger charge is 2.53. The van der Waals surface area contributed by atoms with Crippen molar-refractivity contribution in [3.8, 4) is 40.2 Å². The van der Waals surface area contributed by atoms with Crippen molar-refractivity contribution in [3.05, 3.63) is 77.1 Å². The SMILES string of the molecule is O=C(C=Cc1ccc(O)c(O)c1)OCC1OC(OC2=Cc3c(OC4OC(CO)C(O)C(O)C4O)cc(O)cc3[OH+]C2c2ccc(O)c(O)c2)C(OC2OC(CO)C(O)C(O)C2O)C(O)C1O. The second-order valence-electron chi connectivity index (χ2n) is 15.7. The summed E-state index contributed by atoms with van der Waals surface area (Å²) in [6.45, 7) is -2.44. The molecule has 3 aromatic carbocycles. The van der Waals surface area contributed by atoms with Crippen molar-refractivity contribution in [2.24, 2.45) is 0 Å². The molecule has 0 bridgehead atoms. The minimum atomic E-state index is -2.08. The Morgan fingerprint density at radius 1 is 0.621 bits per heavy atom. The first-order valence-corrected chi connectivity index (χ1v) is 20.2. The van der Waals surface area contributed by atoms with Crippen LogP contribution in [-0.2, 0) is 33.2 Å². The third-order valence-electron chi connectivity index (χ3n) is 11.2. The summed E-state index contributed by atoms with van der Waals surface area (Å²) < 4.78 is 45.1. The van der Waals surface area contributed by atoms with E-state index in [1.807, 2.05) is 0 Å². The molecule has 16 unspecified atom stereocenters. The van der Waals surface area contributed by atoms with Crippen molar-refractivity contribution < 1.29 is 119 Å². The van der Waals surface area contributed by atoms with Gasteiger partial charge < -0.3 is 114 Å². The Labute approximate surface area is 372 Å². The van der Waals surface area contributed by atoms with Gasteiger partial charge in [-0.05, 0) is 42.0 Å². The molecule has 0 spiro atoms. The van der Waals surface area contributed by atoms with Crippen LogP contribution in [0.3, 0.4) is 0 Å². The maximum atomic E-state index is 12.8. The third-order valence-corrected chi connectivity index (χ3v) is 11.2. The van der Waals surface area contributed by atoms with Crippen LogP contribution in [0.1, 0.15) is 22.8 Å². The summed E-state index contributed by atoms with van der Waals surface area (Å²) >= 11 is 0. The lowest BCUT2D eigenvalue weighted by Gasteiger charge is -2.46. The number of ether oxygens (including phenoxy) is 8. The lowest BCUT2D eigenvalue weighted by Crippen LogP contribution is -2.64. The number of hydrogen-bond acceptors (Lipinski definition) is 23. The second-order valence-corrected chi connectivity index (χ2v) is 15.7. The number of esters is 1. The zero-order valence-corrected chi connectivity index (χ0v) is 34.1. The number of aromatic hydroxyl groups is 6. The molecule has 4 aliphatic rings. The third kappa shape index (κ3) is 10.1. The Balaban J connectivity index is 1.24. The molecule has 4 heterocycles. The number of carbonyl (C=O) groups excluding carboxylic acids is 1. The fourth-order valence-corrected chi connectivity index (χ4v) is 7.48. The number of phenolic OH excluding ortho intramolecular Hbond substituents is 5. The highest BCUT2D eigenvalue weighted by Crippen LogP contribution is 2.47. The molecule has 16 N–H and O–H groups in total. The van der Waals surface area contributed by atoms with Gasteiger partial charge in [0.15, 0.2) is 41.2 Å². The molecule has 0 radical (unpaired) electrons. The van der Waals surface area contributed by atoms with Gasteiger partial charge in [0, 0.05) is 18.2 Å². The summed E-state index contributed by atoms with van der Waals surface area (Å²) in [6.07, 6.45) is -25.4. The highest BCUT2D eigenvalue weighted by atomic mass is 16.8. The number of aliphatic hydroxyl groups excluding tert-OH is 10. The summed E-state index contributed by atoms with van der Waals surface area (Å²) in [7, 11) is 0. The lowest BCUT2D eigenvalue weighted by atomic mass is 9.97. The zero-order valence-electron chi connectivity index (χ0n) is 34.1. The quantitative estimate of drug-likeness (QED) is 0.0344. The van der Waals surface area contributed by atoms with E-state index in [1.165, 1.54) is 36.4 Å². The van der Waals surface area contributed by atoms with Crippen molar-refractivity contribution in [3.63, 3.8) is 0 Å². The second kappa shape index (κ2) is 20.1. The first-order chi connectivity index (χ1) is 31.4. The molecule has 0 saturated carbocycles.